The van der Waals surface area contributed by atoms with E-state index in [0.717, 1.165) is 21.1 Å². The minimum absolute atomic E-state index is 0.0253. The Labute approximate surface area is 186 Å². The molecule has 0 atom stereocenters. The van der Waals surface area contributed by atoms with Gasteiger partial charge in [0.15, 0.2) is 0 Å². The van der Waals surface area contributed by atoms with Crippen LogP contribution in [0.4, 0.5) is 5.69 Å². The van der Waals surface area contributed by atoms with Crippen LogP contribution in [0.25, 0.3) is 0 Å². The lowest BCUT2D eigenvalue weighted by Gasteiger charge is -2.14. The van der Waals surface area contributed by atoms with Crippen LogP contribution in [0.5, 0.6) is 11.5 Å². The number of aromatic hydroxyl groups is 1. The van der Waals surface area contributed by atoms with Gasteiger partial charge in [-0.25, -0.2) is 12.7 Å². The van der Waals surface area contributed by atoms with E-state index in [1.165, 1.54) is 32.3 Å². The summed E-state index contributed by atoms with van der Waals surface area (Å²) in [4.78, 5) is 12.4. The van der Waals surface area contributed by atoms with Gasteiger partial charge in [0.25, 0.3) is 0 Å². The molecule has 0 aliphatic carbocycles. The number of rotatable bonds is 8. The molecule has 3 aromatic rings. The van der Waals surface area contributed by atoms with Crippen molar-refractivity contribution < 1.29 is 27.6 Å². The number of phenols is 1. The molecule has 1 amide bonds. The van der Waals surface area contributed by atoms with Crippen molar-refractivity contribution in [3.8, 4) is 11.5 Å². The highest BCUT2D eigenvalue weighted by atomic mass is 32.2. The van der Waals surface area contributed by atoms with Gasteiger partial charge in [-0.05, 0) is 49.7 Å². The summed E-state index contributed by atoms with van der Waals surface area (Å²) >= 11 is 0. The molecule has 0 unspecified atom stereocenters. The smallest absolute Gasteiger partial charge is 0.242 e. The van der Waals surface area contributed by atoms with Gasteiger partial charge in [-0.3, -0.25) is 4.79 Å². The maximum atomic E-state index is 12.4. The highest BCUT2D eigenvalue weighted by Gasteiger charge is 2.19. The van der Waals surface area contributed by atoms with Crippen molar-refractivity contribution in [2.24, 2.45) is 0 Å². The molecule has 9 nitrogen and oxygen atoms in total. The largest absolute Gasteiger partial charge is 0.506 e. The Balaban J connectivity index is 1.63. The van der Waals surface area contributed by atoms with Crippen molar-refractivity contribution in [3.05, 3.63) is 65.0 Å². The summed E-state index contributed by atoms with van der Waals surface area (Å²) in [5.41, 5.74) is 2.43. The van der Waals surface area contributed by atoms with Gasteiger partial charge in [0.1, 0.15) is 23.9 Å². The molecule has 32 heavy (non-hydrogen) atoms. The predicted octanol–water partition coefficient (Wildman–Crippen LogP) is 3.01. The first-order valence-corrected chi connectivity index (χ1v) is 11.2. The monoisotopic (exact) mass is 459 g/mol. The number of amides is 1. The van der Waals surface area contributed by atoms with Crippen LogP contribution < -0.4 is 10.1 Å². The van der Waals surface area contributed by atoms with E-state index in [4.69, 9.17) is 9.26 Å². The minimum Gasteiger partial charge on any atom is -0.506 e. The first kappa shape index (κ1) is 23.3. The van der Waals surface area contributed by atoms with E-state index in [9.17, 15) is 18.3 Å². The van der Waals surface area contributed by atoms with Crippen LogP contribution in [0.2, 0.25) is 0 Å². The van der Waals surface area contributed by atoms with Gasteiger partial charge in [0.2, 0.25) is 15.9 Å². The van der Waals surface area contributed by atoms with Crippen molar-refractivity contribution in [1.82, 2.24) is 9.46 Å². The second-order valence-corrected chi connectivity index (χ2v) is 9.58. The summed E-state index contributed by atoms with van der Waals surface area (Å²) in [6, 6.07) is 10.8. The molecule has 0 bridgehead atoms. The SMILES string of the molecule is Cc1noc(C)c1COc1ccc(CC(=O)Nc2cc(S(=O)(=O)N(C)C)ccc2O)cc1. The molecule has 0 spiro atoms. The van der Waals surface area contributed by atoms with Crippen LogP contribution >= 0.6 is 0 Å². The summed E-state index contributed by atoms with van der Waals surface area (Å²) in [5, 5.41) is 16.5. The van der Waals surface area contributed by atoms with Gasteiger partial charge in [0.05, 0.1) is 28.3 Å². The lowest BCUT2D eigenvalue weighted by atomic mass is 10.1. The number of carbonyl (C=O) groups excluding carboxylic acids is 1. The molecule has 0 saturated carbocycles. The first-order chi connectivity index (χ1) is 15.1. The van der Waals surface area contributed by atoms with Crippen LogP contribution in [0.15, 0.2) is 51.9 Å². The number of sulfonamides is 1. The van der Waals surface area contributed by atoms with E-state index >= 15 is 0 Å². The van der Waals surface area contributed by atoms with Gasteiger partial charge < -0.3 is 19.7 Å². The van der Waals surface area contributed by atoms with E-state index in [0.29, 0.717) is 18.1 Å². The number of hydrogen-bond donors (Lipinski definition) is 2. The van der Waals surface area contributed by atoms with Gasteiger partial charge in [0, 0.05) is 14.1 Å². The molecule has 0 saturated heterocycles. The Morgan fingerprint density at radius 2 is 1.84 bits per heavy atom. The topological polar surface area (TPSA) is 122 Å². The number of aromatic nitrogens is 1. The maximum absolute atomic E-state index is 12.4. The lowest BCUT2D eigenvalue weighted by molar-refractivity contribution is -0.115. The fourth-order valence-corrected chi connectivity index (χ4v) is 3.86. The quantitative estimate of drug-likeness (QED) is 0.497. The van der Waals surface area contributed by atoms with Crippen molar-refractivity contribution in [1.29, 1.82) is 0 Å². The zero-order valence-corrected chi connectivity index (χ0v) is 19.1. The number of carbonyl (C=O) groups is 1. The third kappa shape index (κ3) is 5.27. The number of anilines is 1. The van der Waals surface area contributed by atoms with E-state index < -0.39 is 15.9 Å². The van der Waals surface area contributed by atoms with Crippen LogP contribution in [0, 0.1) is 13.8 Å². The summed E-state index contributed by atoms with van der Waals surface area (Å²) in [6.45, 7) is 4.00. The molecule has 0 aliphatic heterocycles. The van der Waals surface area contributed by atoms with Gasteiger partial charge in [-0.1, -0.05) is 17.3 Å². The summed E-state index contributed by atoms with van der Waals surface area (Å²) in [6.07, 6.45) is 0.0360. The lowest BCUT2D eigenvalue weighted by Crippen LogP contribution is -2.22. The van der Waals surface area contributed by atoms with E-state index in [2.05, 4.69) is 10.5 Å². The molecule has 10 heteroatoms. The number of aryl methyl sites for hydroxylation is 2. The van der Waals surface area contributed by atoms with Gasteiger partial charge in [-0.2, -0.15) is 0 Å². The normalized spacial score (nSPS) is 11.5. The Morgan fingerprint density at radius 3 is 2.44 bits per heavy atom. The fourth-order valence-electron chi connectivity index (χ4n) is 2.93. The number of phenolic OH excluding ortho intramolecular Hbond substituents is 1. The van der Waals surface area contributed by atoms with Gasteiger partial charge in [-0.15, -0.1) is 0 Å². The first-order valence-electron chi connectivity index (χ1n) is 9.77. The van der Waals surface area contributed by atoms with Crippen molar-refractivity contribution >= 4 is 21.6 Å². The third-order valence-electron chi connectivity index (χ3n) is 4.87. The van der Waals surface area contributed by atoms with Crippen LogP contribution in [-0.4, -0.2) is 43.0 Å². The Morgan fingerprint density at radius 1 is 1.16 bits per heavy atom. The number of nitrogens with one attached hydrogen (secondary N) is 1. The Hall–Kier alpha value is -3.37. The molecule has 1 aromatic heterocycles. The second kappa shape index (κ2) is 9.41. The molecular formula is C22H25N3O6S. The standard InChI is InChI=1S/C22H25N3O6S/c1-14-19(15(2)31-24-14)13-30-17-7-5-16(6-8-17)11-22(27)23-20-12-18(9-10-21(20)26)32(28,29)25(3)4/h5-10,12,26H,11,13H2,1-4H3,(H,23,27). The van der Waals surface area contributed by atoms with Crippen LogP contribution in [-0.2, 0) is 27.8 Å². The van der Waals surface area contributed by atoms with Crippen molar-refractivity contribution in [2.75, 3.05) is 19.4 Å². The highest BCUT2D eigenvalue weighted by Crippen LogP contribution is 2.27. The molecule has 0 fully saturated rings. The number of benzene rings is 2. The fraction of sp³-hybridized carbons (Fsp3) is 0.273. The van der Waals surface area contributed by atoms with Crippen molar-refractivity contribution in [3.63, 3.8) is 0 Å². The zero-order chi connectivity index (χ0) is 23.5. The summed E-state index contributed by atoms with van der Waals surface area (Å²) < 4.78 is 36.5. The third-order valence-corrected chi connectivity index (χ3v) is 6.68. The molecule has 3 rings (SSSR count). The average Bonchev–Trinajstić information content (AvgIpc) is 3.06. The van der Waals surface area contributed by atoms with E-state index in [1.54, 1.807) is 24.3 Å². The molecule has 2 aromatic carbocycles. The van der Waals surface area contributed by atoms with E-state index in [1.807, 2.05) is 13.8 Å². The highest BCUT2D eigenvalue weighted by molar-refractivity contribution is 7.89. The predicted molar refractivity (Wildman–Crippen MR) is 118 cm³/mol. The maximum Gasteiger partial charge on any atom is 0.242 e. The van der Waals surface area contributed by atoms with E-state index in [-0.39, 0.29) is 22.8 Å². The van der Waals surface area contributed by atoms with Crippen LogP contribution in [0.3, 0.4) is 0 Å². The number of hydrogen-bond acceptors (Lipinski definition) is 7. The Kier molecular flexibility index (Phi) is 6.85. The summed E-state index contributed by atoms with van der Waals surface area (Å²) in [7, 11) is -0.886. The molecule has 170 valence electrons. The average molecular weight is 460 g/mol. The molecule has 0 aliphatic rings. The van der Waals surface area contributed by atoms with Crippen molar-refractivity contribution in [2.45, 2.75) is 31.8 Å². The molecular weight excluding hydrogens is 434 g/mol. The number of nitrogens with zero attached hydrogens (tertiary/aromatic N) is 2. The molecule has 2 N–H and O–H groups in total. The number of ether oxygens (including phenoxy) is 1. The van der Waals surface area contributed by atoms with Crippen LogP contribution in [0.1, 0.15) is 22.6 Å². The minimum atomic E-state index is -3.70. The molecule has 1 heterocycles. The molecule has 0 radical (unpaired) electrons. The zero-order valence-electron chi connectivity index (χ0n) is 18.2. The summed E-state index contributed by atoms with van der Waals surface area (Å²) in [5.74, 6) is 0.720. The van der Waals surface area contributed by atoms with Gasteiger partial charge >= 0.3 is 0 Å². The second-order valence-electron chi connectivity index (χ2n) is 7.43. The Bertz CT molecular complexity index is 1200.